The van der Waals surface area contributed by atoms with E-state index < -0.39 is 10.0 Å². The predicted molar refractivity (Wildman–Crippen MR) is 104 cm³/mol. The zero-order chi connectivity index (χ0) is 18.8. The summed E-state index contributed by atoms with van der Waals surface area (Å²) in [4.78, 5) is 0.257. The Morgan fingerprint density at radius 1 is 1.08 bits per heavy atom. The van der Waals surface area contributed by atoms with E-state index in [1.165, 1.54) is 4.31 Å². The third kappa shape index (κ3) is 5.85. The van der Waals surface area contributed by atoms with Crippen molar-refractivity contribution in [3.8, 4) is 11.8 Å². The Kier molecular flexibility index (Phi) is 7.61. The van der Waals surface area contributed by atoms with Crippen LogP contribution < -0.4 is 0 Å². The van der Waals surface area contributed by atoms with Crippen LogP contribution in [0.25, 0.3) is 0 Å². The first kappa shape index (κ1) is 19.9. The van der Waals surface area contributed by atoms with Gasteiger partial charge in [-0.25, -0.2) is 8.42 Å². The number of nitrogens with zero attached hydrogens (tertiary/aromatic N) is 1. The molecule has 2 aromatic rings. The van der Waals surface area contributed by atoms with Gasteiger partial charge in [-0.1, -0.05) is 65.9 Å². The van der Waals surface area contributed by atoms with Gasteiger partial charge in [0.2, 0.25) is 10.0 Å². The van der Waals surface area contributed by atoms with Crippen molar-refractivity contribution in [3.05, 3.63) is 78.4 Å². The summed E-state index contributed by atoms with van der Waals surface area (Å²) in [6, 6.07) is 16.6. The van der Waals surface area contributed by atoms with Crippen molar-refractivity contribution in [2.24, 2.45) is 0 Å². The van der Waals surface area contributed by atoms with E-state index in [2.05, 4.69) is 18.4 Å². The number of benzene rings is 2. The Morgan fingerprint density at radius 2 is 1.77 bits per heavy atom. The van der Waals surface area contributed by atoms with Crippen molar-refractivity contribution in [2.45, 2.75) is 18.4 Å². The molecule has 0 atom stereocenters. The van der Waals surface area contributed by atoms with E-state index in [0.29, 0.717) is 6.61 Å². The second-order valence-electron chi connectivity index (χ2n) is 5.73. The first-order valence-electron chi connectivity index (χ1n) is 8.29. The molecule has 0 spiro atoms. The molecule has 26 heavy (non-hydrogen) atoms. The Balaban J connectivity index is 1.93. The minimum absolute atomic E-state index is 0.0942. The monoisotopic (exact) mass is 369 g/mol. The molecule has 0 aliphatic carbocycles. The molecule has 2 rings (SSSR count). The Hall–Kier alpha value is -2.39. The first-order chi connectivity index (χ1) is 12.5. The lowest BCUT2D eigenvalue weighted by Crippen LogP contribution is -2.31. The first-order valence-corrected chi connectivity index (χ1v) is 9.73. The van der Waals surface area contributed by atoms with Gasteiger partial charge in [0.25, 0.3) is 0 Å². The van der Waals surface area contributed by atoms with E-state index >= 15 is 0 Å². The number of aryl methyl sites for hydroxylation is 1. The Labute approximate surface area is 156 Å². The van der Waals surface area contributed by atoms with E-state index in [4.69, 9.17) is 4.74 Å². The van der Waals surface area contributed by atoms with Crippen LogP contribution in [0.4, 0.5) is 0 Å². The van der Waals surface area contributed by atoms with Gasteiger partial charge in [-0.3, -0.25) is 0 Å². The molecule has 0 unspecified atom stereocenters. The summed E-state index contributed by atoms with van der Waals surface area (Å²) in [6.45, 7) is 6.58. The molecule has 2 aromatic carbocycles. The Bertz CT molecular complexity index is 863. The molecule has 0 N–H and O–H groups in total. The molecule has 0 aliphatic heterocycles. The minimum Gasteiger partial charge on any atom is -0.364 e. The summed E-state index contributed by atoms with van der Waals surface area (Å²) in [5.41, 5.74) is 2.08. The van der Waals surface area contributed by atoms with Gasteiger partial charge in [0, 0.05) is 6.54 Å². The summed E-state index contributed by atoms with van der Waals surface area (Å²) in [5, 5.41) is 0. The highest BCUT2D eigenvalue weighted by molar-refractivity contribution is 7.89. The maximum absolute atomic E-state index is 12.7. The number of ether oxygens (including phenoxy) is 1. The van der Waals surface area contributed by atoms with Gasteiger partial charge in [-0.2, -0.15) is 4.31 Å². The maximum Gasteiger partial charge on any atom is 0.244 e. The molecular formula is C21H23NO3S. The molecule has 0 fully saturated rings. The van der Waals surface area contributed by atoms with Gasteiger partial charge in [0.15, 0.2) is 0 Å². The van der Waals surface area contributed by atoms with E-state index in [-0.39, 0.29) is 24.6 Å². The standard InChI is InChI=1S/C21H23NO3S/c1-3-15-22(26(23,24)21-13-11-19(2)12-14-21)16-7-8-17-25-18-20-9-5-4-6-10-20/h3-6,9-14H,1,15-18H2,2H3. The van der Waals surface area contributed by atoms with Crippen LogP contribution in [0.5, 0.6) is 0 Å². The molecule has 4 nitrogen and oxygen atoms in total. The quantitative estimate of drug-likeness (QED) is 0.407. The van der Waals surface area contributed by atoms with Crippen LogP contribution in [0.3, 0.4) is 0 Å². The molecule has 136 valence electrons. The van der Waals surface area contributed by atoms with E-state index in [1.807, 2.05) is 37.3 Å². The maximum atomic E-state index is 12.7. The summed E-state index contributed by atoms with van der Waals surface area (Å²) in [5.74, 6) is 5.73. The van der Waals surface area contributed by atoms with Crippen molar-refractivity contribution in [2.75, 3.05) is 19.7 Å². The second kappa shape index (κ2) is 9.93. The van der Waals surface area contributed by atoms with Crippen molar-refractivity contribution in [1.82, 2.24) is 4.31 Å². The van der Waals surface area contributed by atoms with Crippen LogP contribution in [0, 0.1) is 18.8 Å². The van der Waals surface area contributed by atoms with Crippen molar-refractivity contribution in [1.29, 1.82) is 0 Å². The minimum atomic E-state index is -3.60. The van der Waals surface area contributed by atoms with Crippen LogP contribution in [0.15, 0.2) is 72.1 Å². The van der Waals surface area contributed by atoms with Gasteiger partial charge >= 0.3 is 0 Å². The van der Waals surface area contributed by atoms with Crippen LogP contribution in [0.2, 0.25) is 0 Å². The number of hydrogen-bond acceptors (Lipinski definition) is 3. The molecule has 0 aromatic heterocycles. The number of rotatable bonds is 8. The fraction of sp³-hybridized carbons (Fsp3) is 0.238. The predicted octanol–water partition coefficient (Wildman–Crippen LogP) is 3.39. The van der Waals surface area contributed by atoms with Gasteiger partial charge in [0.05, 0.1) is 18.0 Å². The van der Waals surface area contributed by atoms with Crippen molar-refractivity contribution >= 4 is 10.0 Å². The third-order valence-electron chi connectivity index (χ3n) is 3.66. The fourth-order valence-corrected chi connectivity index (χ4v) is 3.55. The zero-order valence-electron chi connectivity index (χ0n) is 14.9. The van der Waals surface area contributed by atoms with Gasteiger partial charge in [0.1, 0.15) is 6.61 Å². The molecule has 0 saturated carbocycles. The average Bonchev–Trinajstić information content (AvgIpc) is 2.64. The lowest BCUT2D eigenvalue weighted by molar-refractivity contribution is 0.153. The molecule has 0 aliphatic rings. The zero-order valence-corrected chi connectivity index (χ0v) is 15.7. The van der Waals surface area contributed by atoms with Crippen LogP contribution in [0.1, 0.15) is 11.1 Å². The molecule has 0 amide bonds. The molecule has 0 radical (unpaired) electrons. The highest BCUT2D eigenvalue weighted by atomic mass is 32.2. The van der Waals surface area contributed by atoms with E-state index in [1.54, 1.807) is 30.3 Å². The van der Waals surface area contributed by atoms with Gasteiger partial charge in [-0.15, -0.1) is 6.58 Å². The number of sulfonamides is 1. The average molecular weight is 369 g/mol. The SMILES string of the molecule is C=CCN(CC#CCOCc1ccccc1)S(=O)(=O)c1ccc(C)cc1. The van der Waals surface area contributed by atoms with Crippen molar-refractivity contribution in [3.63, 3.8) is 0 Å². The third-order valence-corrected chi connectivity index (χ3v) is 5.48. The smallest absolute Gasteiger partial charge is 0.244 e. The van der Waals surface area contributed by atoms with Crippen LogP contribution in [-0.2, 0) is 21.4 Å². The van der Waals surface area contributed by atoms with Crippen LogP contribution >= 0.6 is 0 Å². The highest BCUT2D eigenvalue weighted by Gasteiger charge is 2.22. The molecule has 0 saturated heterocycles. The topological polar surface area (TPSA) is 46.6 Å². The van der Waals surface area contributed by atoms with Crippen molar-refractivity contribution < 1.29 is 13.2 Å². The summed E-state index contributed by atoms with van der Waals surface area (Å²) in [6.07, 6.45) is 1.55. The lowest BCUT2D eigenvalue weighted by Gasteiger charge is -2.18. The van der Waals surface area contributed by atoms with Crippen LogP contribution in [-0.4, -0.2) is 32.4 Å². The number of hydrogen-bond donors (Lipinski definition) is 0. The normalized spacial score (nSPS) is 11.0. The molecular weight excluding hydrogens is 346 g/mol. The lowest BCUT2D eigenvalue weighted by atomic mass is 10.2. The van der Waals surface area contributed by atoms with Gasteiger partial charge < -0.3 is 4.74 Å². The second-order valence-corrected chi connectivity index (χ2v) is 7.67. The summed E-state index contributed by atoms with van der Waals surface area (Å²) in [7, 11) is -3.60. The summed E-state index contributed by atoms with van der Waals surface area (Å²) >= 11 is 0. The molecule has 0 heterocycles. The Morgan fingerprint density at radius 3 is 2.42 bits per heavy atom. The highest BCUT2D eigenvalue weighted by Crippen LogP contribution is 2.16. The largest absolute Gasteiger partial charge is 0.364 e. The van der Waals surface area contributed by atoms with Gasteiger partial charge in [-0.05, 0) is 24.6 Å². The van der Waals surface area contributed by atoms with E-state index in [9.17, 15) is 8.42 Å². The van der Waals surface area contributed by atoms with E-state index in [0.717, 1.165) is 11.1 Å². The fourth-order valence-electron chi connectivity index (χ4n) is 2.24. The molecule has 0 bridgehead atoms. The molecule has 5 heteroatoms. The summed E-state index contributed by atoms with van der Waals surface area (Å²) < 4.78 is 32.2.